The average Bonchev–Trinajstić information content (AvgIpc) is 2.95. The molecule has 0 aromatic heterocycles. The number of hydrogen-bond donors (Lipinski definition) is 2. The van der Waals surface area contributed by atoms with Crippen LogP contribution in [0.1, 0.15) is 39.2 Å². The number of carbonyl (C=O) groups excluding carboxylic acids is 3. The lowest BCUT2D eigenvalue weighted by atomic mass is 10.0. The van der Waals surface area contributed by atoms with Crippen LogP contribution in [-0.4, -0.2) is 41.8 Å². The van der Waals surface area contributed by atoms with Gasteiger partial charge in [-0.15, -0.1) is 0 Å². The number of benzene rings is 1. The fourth-order valence-corrected chi connectivity index (χ4v) is 3.13. The van der Waals surface area contributed by atoms with E-state index in [1.54, 1.807) is 17.0 Å². The van der Waals surface area contributed by atoms with Crippen LogP contribution < -0.4 is 10.6 Å². The molecule has 1 unspecified atom stereocenters. The van der Waals surface area contributed by atoms with Crippen molar-refractivity contribution in [2.45, 2.75) is 46.1 Å². The monoisotopic (exact) mass is 345 g/mol. The van der Waals surface area contributed by atoms with Gasteiger partial charge in [-0.3, -0.25) is 14.4 Å². The highest BCUT2D eigenvalue weighted by Crippen LogP contribution is 2.21. The molecule has 1 fully saturated rings. The largest absolute Gasteiger partial charge is 0.356 e. The Labute approximate surface area is 149 Å². The molecule has 0 radical (unpaired) electrons. The fraction of sp³-hybridized carbons (Fsp3) is 0.526. The van der Waals surface area contributed by atoms with Crippen molar-refractivity contribution < 1.29 is 14.4 Å². The second-order valence-electron chi connectivity index (χ2n) is 6.70. The van der Waals surface area contributed by atoms with Crippen molar-refractivity contribution in [1.82, 2.24) is 10.2 Å². The molecular weight excluding hydrogens is 318 g/mol. The van der Waals surface area contributed by atoms with Crippen LogP contribution in [0.15, 0.2) is 24.3 Å². The highest BCUT2D eigenvalue weighted by molar-refractivity contribution is 5.97. The van der Waals surface area contributed by atoms with Gasteiger partial charge in [0.05, 0.1) is 6.42 Å². The number of rotatable bonds is 7. The van der Waals surface area contributed by atoms with E-state index in [4.69, 9.17) is 0 Å². The van der Waals surface area contributed by atoms with Crippen molar-refractivity contribution in [2.24, 2.45) is 5.92 Å². The first-order valence-corrected chi connectivity index (χ1v) is 8.88. The van der Waals surface area contributed by atoms with Gasteiger partial charge in [0.2, 0.25) is 17.7 Å². The number of carbonyl (C=O) groups is 3. The molecule has 25 heavy (non-hydrogen) atoms. The summed E-state index contributed by atoms with van der Waals surface area (Å²) in [6.07, 6.45) is 1.65. The average molecular weight is 345 g/mol. The Morgan fingerprint density at radius 1 is 1.20 bits per heavy atom. The summed E-state index contributed by atoms with van der Waals surface area (Å²) in [7, 11) is 0. The summed E-state index contributed by atoms with van der Waals surface area (Å²) in [5, 5.41) is 5.65. The Bertz CT molecular complexity index is 625. The van der Waals surface area contributed by atoms with Crippen molar-refractivity contribution in [1.29, 1.82) is 0 Å². The minimum absolute atomic E-state index is 0.0216. The van der Waals surface area contributed by atoms with Gasteiger partial charge < -0.3 is 15.5 Å². The molecule has 0 spiro atoms. The second kappa shape index (κ2) is 8.65. The third-order valence-electron chi connectivity index (χ3n) is 4.31. The number of likely N-dealkylation sites (tertiary alicyclic amines) is 1. The standard InChI is InChI=1S/C19H27N3O3/c1-4-20-16(23)12-14-7-9-15(10-8-14)21-19(25)18(13(2)3)22-11-5-6-17(22)24/h7-10,13,18H,4-6,11-12H2,1-3H3,(H,20,23)(H,21,25). The quantitative estimate of drug-likeness (QED) is 0.793. The molecule has 0 saturated carbocycles. The van der Waals surface area contributed by atoms with Gasteiger partial charge in [-0.05, 0) is 37.0 Å². The SMILES string of the molecule is CCNC(=O)Cc1ccc(NC(=O)C(C(C)C)N2CCCC2=O)cc1. The smallest absolute Gasteiger partial charge is 0.247 e. The van der Waals surface area contributed by atoms with Crippen molar-refractivity contribution >= 4 is 23.4 Å². The molecular formula is C19H27N3O3. The first-order chi connectivity index (χ1) is 11.9. The van der Waals surface area contributed by atoms with Crippen LogP contribution in [0.4, 0.5) is 5.69 Å². The summed E-state index contributed by atoms with van der Waals surface area (Å²) in [6.45, 7) is 7.03. The Morgan fingerprint density at radius 3 is 2.40 bits per heavy atom. The zero-order valence-electron chi connectivity index (χ0n) is 15.2. The lowest BCUT2D eigenvalue weighted by molar-refractivity contribution is -0.136. The van der Waals surface area contributed by atoms with Crippen molar-refractivity contribution in [3.05, 3.63) is 29.8 Å². The summed E-state index contributed by atoms with van der Waals surface area (Å²) in [4.78, 5) is 37.9. The van der Waals surface area contributed by atoms with Crippen LogP contribution in [0.3, 0.4) is 0 Å². The maximum atomic E-state index is 12.7. The molecule has 2 rings (SSSR count). The van der Waals surface area contributed by atoms with Gasteiger partial charge in [-0.25, -0.2) is 0 Å². The van der Waals surface area contributed by atoms with Crippen LogP contribution in [-0.2, 0) is 20.8 Å². The van der Waals surface area contributed by atoms with Gasteiger partial charge in [0, 0.05) is 25.2 Å². The molecule has 3 amide bonds. The van der Waals surface area contributed by atoms with E-state index in [1.807, 2.05) is 32.9 Å². The van der Waals surface area contributed by atoms with E-state index in [9.17, 15) is 14.4 Å². The number of likely N-dealkylation sites (N-methyl/N-ethyl adjacent to an activating group) is 1. The first kappa shape index (κ1) is 19.0. The molecule has 1 aromatic rings. The van der Waals surface area contributed by atoms with E-state index >= 15 is 0 Å². The molecule has 0 bridgehead atoms. The van der Waals surface area contributed by atoms with Gasteiger partial charge in [0.15, 0.2) is 0 Å². The zero-order valence-corrected chi connectivity index (χ0v) is 15.2. The number of nitrogens with zero attached hydrogens (tertiary/aromatic N) is 1. The summed E-state index contributed by atoms with van der Waals surface area (Å²) in [5.74, 6) is -0.0985. The normalized spacial score (nSPS) is 15.4. The Kier molecular flexibility index (Phi) is 6.56. The molecule has 6 nitrogen and oxygen atoms in total. The van der Waals surface area contributed by atoms with E-state index in [1.165, 1.54) is 0 Å². The molecule has 2 N–H and O–H groups in total. The summed E-state index contributed by atoms with van der Waals surface area (Å²) in [6, 6.07) is 6.78. The number of hydrogen-bond acceptors (Lipinski definition) is 3. The molecule has 1 atom stereocenters. The number of amides is 3. The minimum Gasteiger partial charge on any atom is -0.356 e. The molecule has 6 heteroatoms. The van der Waals surface area contributed by atoms with E-state index in [2.05, 4.69) is 10.6 Å². The lowest BCUT2D eigenvalue weighted by Gasteiger charge is -2.29. The van der Waals surface area contributed by atoms with Crippen LogP contribution in [0.2, 0.25) is 0 Å². The predicted octanol–water partition coefficient (Wildman–Crippen LogP) is 1.95. The van der Waals surface area contributed by atoms with Crippen LogP contribution in [0.25, 0.3) is 0 Å². The number of anilines is 1. The van der Waals surface area contributed by atoms with E-state index in [0.717, 1.165) is 12.0 Å². The lowest BCUT2D eigenvalue weighted by Crippen LogP contribution is -2.47. The second-order valence-corrected chi connectivity index (χ2v) is 6.70. The predicted molar refractivity (Wildman–Crippen MR) is 97.0 cm³/mol. The molecule has 1 saturated heterocycles. The topological polar surface area (TPSA) is 78.5 Å². The van der Waals surface area contributed by atoms with E-state index in [0.29, 0.717) is 31.6 Å². The van der Waals surface area contributed by atoms with Crippen molar-refractivity contribution in [3.8, 4) is 0 Å². The number of nitrogens with one attached hydrogen (secondary N) is 2. The first-order valence-electron chi connectivity index (χ1n) is 8.88. The fourth-order valence-electron chi connectivity index (χ4n) is 3.13. The highest BCUT2D eigenvalue weighted by Gasteiger charge is 2.34. The van der Waals surface area contributed by atoms with E-state index in [-0.39, 0.29) is 23.6 Å². The Balaban J connectivity index is 2.01. The van der Waals surface area contributed by atoms with Gasteiger partial charge in [0.1, 0.15) is 6.04 Å². The van der Waals surface area contributed by atoms with Crippen molar-refractivity contribution in [3.63, 3.8) is 0 Å². The molecule has 0 aliphatic carbocycles. The maximum absolute atomic E-state index is 12.7. The Hall–Kier alpha value is -2.37. The van der Waals surface area contributed by atoms with E-state index < -0.39 is 6.04 Å². The molecule has 136 valence electrons. The van der Waals surface area contributed by atoms with Gasteiger partial charge in [-0.2, -0.15) is 0 Å². The molecule has 1 aliphatic heterocycles. The van der Waals surface area contributed by atoms with Crippen LogP contribution >= 0.6 is 0 Å². The molecule has 1 aliphatic rings. The molecule has 1 heterocycles. The third kappa shape index (κ3) is 5.05. The van der Waals surface area contributed by atoms with Crippen molar-refractivity contribution in [2.75, 3.05) is 18.4 Å². The van der Waals surface area contributed by atoms with Crippen LogP contribution in [0.5, 0.6) is 0 Å². The highest BCUT2D eigenvalue weighted by atomic mass is 16.2. The van der Waals surface area contributed by atoms with Crippen LogP contribution in [0, 0.1) is 5.92 Å². The zero-order chi connectivity index (χ0) is 18.4. The minimum atomic E-state index is -0.454. The summed E-state index contributed by atoms with van der Waals surface area (Å²) >= 11 is 0. The summed E-state index contributed by atoms with van der Waals surface area (Å²) in [5.41, 5.74) is 1.56. The summed E-state index contributed by atoms with van der Waals surface area (Å²) < 4.78 is 0. The van der Waals surface area contributed by atoms with Gasteiger partial charge in [0.25, 0.3) is 0 Å². The van der Waals surface area contributed by atoms with Gasteiger partial charge in [-0.1, -0.05) is 26.0 Å². The maximum Gasteiger partial charge on any atom is 0.247 e. The molecule has 1 aromatic carbocycles. The third-order valence-corrected chi connectivity index (χ3v) is 4.31. The van der Waals surface area contributed by atoms with Gasteiger partial charge >= 0.3 is 0 Å². The Morgan fingerprint density at radius 2 is 1.88 bits per heavy atom.